The number of aliphatic hydroxyl groups is 2. The summed E-state index contributed by atoms with van der Waals surface area (Å²) in [6, 6.07) is 0. The van der Waals surface area contributed by atoms with E-state index in [2.05, 4.69) is 148 Å². The van der Waals surface area contributed by atoms with Crippen LogP contribution in [0.5, 0.6) is 0 Å². The van der Waals surface area contributed by atoms with Gasteiger partial charge in [-0.15, -0.1) is 0 Å². The van der Waals surface area contributed by atoms with Gasteiger partial charge < -0.3 is 39.0 Å². The van der Waals surface area contributed by atoms with Crippen molar-refractivity contribution < 1.29 is 58.2 Å². The molecule has 6 unspecified atom stereocenters. The Bertz CT molecular complexity index is 1880. The van der Waals surface area contributed by atoms with Gasteiger partial charge in [-0.05, 0) is 122 Å². The molecule has 1 aliphatic heterocycles. The van der Waals surface area contributed by atoms with Crippen LogP contribution in [0, 0.1) is 0 Å². The van der Waals surface area contributed by atoms with Crippen molar-refractivity contribution in [2.24, 2.45) is 0 Å². The Balaban J connectivity index is 2.73. The molecular formula is C67H104O12. The van der Waals surface area contributed by atoms with Gasteiger partial charge in [0, 0.05) is 19.3 Å². The van der Waals surface area contributed by atoms with Gasteiger partial charge in [0.15, 0.2) is 24.6 Å². The highest BCUT2D eigenvalue weighted by Gasteiger charge is 2.50. The fraction of sp³-hybridized carbons (Fsp3) is 0.612. The van der Waals surface area contributed by atoms with Gasteiger partial charge in [-0.3, -0.25) is 14.4 Å². The maximum Gasteiger partial charge on any atom is 0.335 e. The lowest BCUT2D eigenvalue weighted by atomic mass is 9.98. The average molecular weight is 1100 g/mol. The van der Waals surface area contributed by atoms with Crippen molar-refractivity contribution in [1.29, 1.82) is 0 Å². The van der Waals surface area contributed by atoms with Crippen LogP contribution in [-0.2, 0) is 42.9 Å². The van der Waals surface area contributed by atoms with Gasteiger partial charge in [0.2, 0.25) is 0 Å². The molecule has 12 nitrogen and oxygen atoms in total. The summed E-state index contributed by atoms with van der Waals surface area (Å²) in [5.74, 6) is -3.26. The molecule has 1 aliphatic rings. The molecule has 444 valence electrons. The predicted octanol–water partition coefficient (Wildman–Crippen LogP) is 15.8. The molecule has 0 bridgehead atoms. The minimum atomic E-state index is -1.93. The lowest BCUT2D eigenvalue weighted by molar-refractivity contribution is -0.301. The molecule has 0 aromatic rings. The summed E-state index contributed by atoms with van der Waals surface area (Å²) in [6.07, 6.45) is 62.8. The summed E-state index contributed by atoms with van der Waals surface area (Å²) in [5.41, 5.74) is 0. The van der Waals surface area contributed by atoms with Crippen molar-refractivity contribution in [2.45, 2.75) is 250 Å². The SMILES string of the molecule is CC/C=C\C/C=C\C/C=C\C/C=C\C/C=C\CCCC(=O)OCC(COC1OC(C(=O)O)C(O)C(O)C1OC(=O)CCCCCCCC/C=C\C/C=C\C/C=C\C/C=C\CC)OC(=O)CCCCCCC/C=C\C/C=C\CCC. The Labute approximate surface area is 477 Å². The van der Waals surface area contributed by atoms with E-state index in [4.69, 9.17) is 23.7 Å². The Morgan fingerprint density at radius 2 is 0.810 bits per heavy atom. The van der Waals surface area contributed by atoms with E-state index in [9.17, 15) is 34.5 Å². The molecule has 79 heavy (non-hydrogen) atoms. The lowest BCUT2D eigenvalue weighted by Crippen LogP contribution is -2.61. The zero-order valence-electron chi connectivity index (χ0n) is 48.8. The van der Waals surface area contributed by atoms with E-state index in [1.54, 1.807) is 0 Å². The van der Waals surface area contributed by atoms with Crippen molar-refractivity contribution in [3.8, 4) is 0 Å². The molecule has 1 fully saturated rings. The third-order valence-electron chi connectivity index (χ3n) is 12.7. The van der Waals surface area contributed by atoms with Crippen LogP contribution in [0.3, 0.4) is 0 Å². The highest BCUT2D eigenvalue weighted by atomic mass is 16.7. The maximum absolute atomic E-state index is 13.1. The summed E-state index contributed by atoms with van der Waals surface area (Å²) in [5, 5.41) is 31.5. The molecule has 0 radical (unpaired) electrons. The number of aliphatic carboxylic acids is 1. The fourth-order valence-electron chi connectivity index (χ4n) is 8.14. The molecule has 1 rings (SSSR count). The van der Waals surface area contributed by atoms with Gasteiger partial charge in [-0.2, -0.15) is 0 Å². The number of hydrogen-bond acceptors (Lipinski definition) is 11. The van der Waals surface area contributed by atoms with Crippen LogP contribution in [0.15, 0.2) is 134 Å². The van der Waals surface area contributed by atoms with Gasteiger partial charge in [-0.25, -0.2) is 4.79 Å². The zero-order chi connectivity index (χ0) is 57.5. The maximum atomic E-state index is 13.1. The van der Waals surface area contributed by atoms with Crippen molar-refractivity contribution in [3.63, 3.8) is 0 Å². The fourth-order valence-corrected chi connectivity index (χ4v) is 8.14. The molecule has 1 heterocycles. The number of allylic oxidation sites excluding steroid dienone is 22. The smallest absolute Gasteiger partial charge is 0.335 e. The van der Waals surface area contributed by atoms with Gasteiger partial charge >= 0.3 is 23.9 Å². The van der Waals surface area contributed by atoms with E-state index >= 15 is 0 Å². The standard InChI is InChI=1S/C67H104O12/c1-4-7-10-13-16-19-22-25-27-29-30-32-34-37-40-43-46-49-52-55-61(70)78-65-63(72)62(71)64(66(73)74)79-67(65)76-57-58(77-60(69)54-51-48-45-42-39-35-24-21-18-15-12-9-6-3)56-75-59(68)53-50-47-44-41-38-36-33-31-28-26-23-20-17-14-11-8-5-2/h7-8,10-12,15-17,19-21,24-28,30,32-33,36,41,44,58,62-65,67,71-72H,4-6,9,13-14,18,22-23,29,31,34-35,37-40,42-43,45-57H2,1-3H3,(H,73,74)/b10-7-,11-8-,15-12-,19-16-,20-17-,24-21-,27-25-,28-26-,32-30-,36-33-,44-41-. The monoisotopic (exact) mass is 1100 g/mol. The number of rotatable bonds is 49. The minimum Gasteiger partial charge on any atom is -0.479 e. The molecule has 3 N–H and O–H groups in total. The third-order valence-corrected chi connectivity index (χ3v) is 12.7. The van der Waals surface area contributed by atoms with Crippen LogP contribution in [0.4, 0.5) is 0 Å². The topological polar surface area (TPSA) is 175 Å². The van der Waals surface area contributed by atoms with E-state index < -0.39 is 67.3 Å². The molecule has 6 atom stereocenters. The number of esters is 3. The summed E-state index contributed by atoms with van der Waals surface area (Å²) >= 11 is 0. The van der Waals surface area contributed by atoms with Crippen LogP contribution < -0.4 is 0 Å². The molecule has 0 spiro atoms. The normalized spacial score (nSPS) is 18.8. The minimum absolute atomic E-state index is 0.0294. The second kappa shape index (κ2) is 53.5. The quantitative estimate of drug-likeness (QED) is 0.0228. The highest BCUT2D eigenvalue weighted by molar-refractivity contribution is 5.74. The Hall–Kier alpha value is -5.14. The first-order chi connectivity index (χ1) is 38.6. The number of carboxylic acid groups (broad SMARTS) is 1. The second-order valence-corrected chi connectivity index (χ2v) is 19.9. The number of carbonyl (C=O) groups excluding carboxylic acids is 3. The van der Waals surface area contributed by atoms with Gasteiger partial charge in [-0.1, -0.05) is 206 Å². The molecule has 1 saturated heterocycles. The average Bonchev–Trinajstić information content (AvgIpc) is 3.47. The van der Waals surface area contributed by atoms with Crippen molar-refractivity contribution in [3.05, 3.63) is 134 Å². The summed E-state index contributed by atoms with van der Waals surface area (Å²) in [7, 11) is 0. The largest absolute Gasteiger partial charge is 0.479 e. The number of hydrogen-bond donors (Lipinski definition) is 3. The second-order valence-electron chi connectivity index (χ2n) is 19.9. The lowest BCUT2D eigenvalue weighted by Gasteiger charge is -2.40. The highest BCUT2D eigenvalue weighted by Crippen LogP contribution is 2.26. The molecule has 12 heteroatoms. The molecule has 0 aromatic heterocycles. The Kier molecular flexibility index (Phi) is 48.7. The van der Waals surface area contributed by atoms with Crippen LogP contribution in [0.2, 0.25) is 0 Å². The molecule has 0 saturated carbocycles. The van der Waals surface area contributed by atoms with E-state index in [0.29, 0.717) is 25.7 Å². The van der Waals surface area contributed by atoms with E-state index in [1.807, 2.05) is 6.08 Å². The first-order valence-electron chi connectivity index (χ1n) is 30.2. The van der Waals surface area contributed by atoms with Crippen LogP contribution >= 0.6 is 0 Å². The van der Waals surface area contributed by atoms with E-state index in [1.165, 1.54) is 0 Å². The molecule has 0 aromatic carbocycles. The third kappa shape index (κ3) is 43.4. The van der Waals surface area contributed by atoms with Crippen LogP contribution in [-0.4, -0.2) is 89.2 Å². The number of aliphatic hydroxyl groups excluding tert-OH is 2. The summed E-state index contributed by atoms with van der Waals surface area (Å²) in [4.78, 5) is 51.2. The number of ether oxygens (including phenoxy) is 5. The van der Waals surface area contributed by atoms with Gasteiger partial charge in [0.1, 0.15) is 18.8 Å². The first kappa shape index (κ1) is 71.9. The van der Waals surface area contributed by atoms with Gasteiger partial charge in [0.05, 0.1) is 6.61 Å². The first-order valence-corrected chi connectivity index (χ1v) is 30.2. The molecular weight excluding hydrogens is 997 g/mol. The molecule has 0 aliphatic carbocycles. The van der Waals surface area contributed by atoms with Crippen molar-refractivity contribution in [2.75, 3.05) is 13.2 Å². The van der Waals surface area contributed by atoms with Crippen LogP contribution in [0.1, 0.15) is 213 Å². The number of unbranched alkanes of at least 4 members (excludes halogenated alkanes) is 13. The Morgan fingerprint density at radius 3 is 1.25 bits per heavy atom. The van der Waals surface area contributed by atoms with Crippen molar-refractivity contribution in [1.82, 2.24) is 0 Å². The zero-order valence-corrected chi connectivity index (χ0v) is 48.8. The van der Waals surface area contributed by atoms with Crippen LogP contribution in [0.25, 0.3) is 0 Å². The van der Waals surface area contributed by atoms with E-state index in [-0.39, 0.29) is 25.9 Å². The van der Waals surface area contributed by atoms with E-state index in [0.717, 1.165) is 148 Å². The van der Waals surface area contributed by atoms with Crippen molar-refractivity contribution >= 4 is 23.9 Å². The Morgan fingerprint density at radius 1 is 0.430 bits per heavy atom. The number of carboxylic acids is 1. The predicted molar refractivity (Wildman–Crippen MR) is 321 cm³/mol. The summed E-state index contributed by atoms with van der Waals surface area (Å²) in [6.45, 7) is 5.62. The molecule has 0 amide bonds. The van der Waals surface area contributed by atoms with Gasteiger partial charge in [0.25, 0.3) is 0 Å². The summed E-state index contributed by atoms with van der Waals surface area (Å²) < 4.78 is 28.4. The number of carbonyl (C=O) groups is 4.